The van der Waals surface area contributed by atoms with Gasteiger partial charge in [-0.3, -0.25) is 0 Å². The van der Waals surface area contributed by atoms with Crippen molar-refractivity contribution in [3.05, 3.63) is 43.0 Å². The maximum atomic E-state index is 12.2. The number of hydrogen-bond acceptors (Lipinski definition) is 4. The standard InChI is InChI=1S/C11H14N2O3S2/c1-2-8-17-9-13(11(12)14)18(15,16)10-6-4-3-5-7-10/h2-7H,1,8-9H2,(H2,12,14). The third-order valence-electron chi connectivity index (χ3n) is 2.02. The molecule has 18 heavy (non-hydrogen) atoms. The van der Waals surface area contributed by atoms with Crippen LogP contribution in [0, 0.1) is 0 Å². The molecule has 0 aliphatic rings. The zero-order chi connectivity index (χ0) is 13.6. The van der Waals surface area contributed by atoms with Crippen LogP contribution in [0.15, 0.2) is 47.9 Å². The largest absolute Gasteiger partial charge is 0.351 e. The molecule has 5 nitrogen and oxygen atoms in total. The van der Waals surface area contributed by atoms with E-state index in [0.717, 1.165) is 0 Å². The van der Waals surface area contributed by atoms with E-state index < -0.39 is 16.1 Å². The summed E-state index contributed by atoms with van der Waals surface area (Å²) in [6, 6.07) is 6.72. The van der Waals surface area contributed by atoms with Gasteiger partial charge in [0.2, 0.25) is 0 Å². The zero-order valence-electron chi connectivity index (χ0n) is 9.65. The highest BCUT2D eigenvalue weighted by Crippen LogP contribution is 2.17. The van der Waals surface area contributed by atoms with Gasteiger partial charge in [0.15, 0.2) is 0 Å². The molecule has 0 saturated carbocycles. The predicted octanol–water partition coefficient (Wildman–Crippen LogP) is 1.63. The minimum atomic E-state index is -3.88. The van der Waals surface area contributed by atoms with Crippen LogP contribution in [0.5, 0.6) is 0 Å². The van der Waals surface area contributed by atoms with Gasteiger partial charge in [-0.05, 0) is 12.1 Å². The maximum Gasteiger partial charge on any atom is 0.329 e. The Labute approximate surface area is 111 Å². The van der Waals surface area contributed by atoms with Crippen molar-refractivity contribution in [3.63, 3.8) is 0 Å². The number of benzene rings is 1. The fraction of sp³-hybridized carbons (Fsp3) is 0.182. The first kappa shape index (κ1) is 14.6. The molecule has 0 aliphatic carbocycles. The molecule has 2 N–H and O–H groups in total. The molecule has 98 valence electrons. The second-order valence-electron chi connectivity index (χ2n) is 3.29. The van der Waals surface area contributed by atoms with Crippen molar-refractivity contribution in [1.82, 2.24) is 4.31 Å². The number of urea groups is 1. The molecule has 0 spiro atoms. The third-order valence-corrected chi connectivity index (χ3v) is 4.85. The lowest BCUT2D eigenvalue weighted by Gasteiger charge is -2.19. The summed E-state index contributed by atoms with van der Waals surface area (Å²) in [6.07, 6.45) is 1.62. The summed E-state index contributed by atoms with van der Waals surface area (Å²) >= 11 is 1.24. The second kappa shape index (κ2) is 6.46. The van der Waals surface area contributed by atoms with E-state index in [4.69, 9.17) is 5.73 Å². The van der Waals surface area contributed by atoms with Crippen molar-refractivity contribution in [2.45, 2.75) is 4.90 Å². The fourth-order valence-electron chi connectivity index (χ4n) is 1.19. The highest BCUT2D eigenvalue weighted by Gasteiger charge is 2.27. The van der Waals surface area contributed by atoms with Crippen molar-refractivity contribution in [3.8, 4) is 0 Å². The van der Waals surface area contributed by atoms with Gasteiger partial charge in [-0.15, -0.1) is 18.3 Å². The van der Waals surface area contributed by atoms with E-state index in [0.29, 0.717) is 10.1 Å². The van der Waals surface area contributed by atoms with Crippen molar-refractivity contribution < 1.29 is 13.2 Å². The molecule has 1 aromatic rings. The van der Waals surface area contributed by atoms with Crippen LogP contribution in [0.3, 0.4) is 0 Å². The Balaban J connectivity index is 2.98. The third kappa shape index (κ3) is 3.51. The lowest BCUT2D eigenvalue weighted by molar-refractivity contribution is 0.236. The summed E-state index contributed by atoms with van der Waals surface area (Å²) < 4.78 is 25.0. The minimum Gasteiger partial charge on any atom is -0.351 e. The highest BCUT2D eigenvalue weighted by atomic mass is 32.2. The summed E-state index contributed by atoms with van der Waals surface area (Å²) in [5.41, 5.74) is 5.11. The van der Waals surface area contributed by atoms with Crippen molar-refractivity contribution in [2.75, 3.05) is 11.6 Å². The Bertz CT molecular complexity index is 514. The molecule has 0 saturated heterocycles. The van der Waals surface area contributed by atoms with Crippen LogP contribution in [0.4, 0.5) is 4.79 Å². The number of amides is 2. The molecule has 0 aromatic heterocycles. The molecule has 7 heteroatoms. The summed E-state index contributed by atoms with van der Waals surface area (Å²) in [6.45, 7) is 3.52. The van der Waals surface area contributed by atoms with E-state index in [2.05, 4.69) is 6.58 Å². The van der Waals surface area contributed by atoms with Crippen LogP contribution < -0.4 is 5.73 Å². The van der Waals surface area contributed by atoms with Gasteiger partial charge in [0, 0.05) is 5.75 Å². The van der Waals surface area contributed by atoms with Crippen LogP contribution in [0.25, 0.3) is 0 Å². The van der Waals surface area contributed by atoms with Crippen LogP contribution in [0.1, 0.15) is 0 Å². The summed E-state index contributed by atoms with van der Waals surface area (Å²) in [5, 5.41) is 0. The molecular formula is C11H14N2O3S2. The molecule has 0 unspecified atom stereocenters. The van der Waals surface area contributed by atoms with Crippen molar-refractivity contribution >= 4 is 27.8 Å². The lowest BCUT2D eigenvalue weighted by Crippen LogP contribution is -2.40. The number of rotatable bonds is 6. The lowest BCUT2D eigenvalue weighted by atomic mass is 10.4. The molecule has 0 heterocycles. The molecular weight excluding hydrogens is 272 g/mol. The Morgan fingerprint density at radius 1 is 1.39 bits per heavy atom. The first-order chi connectivity index (χ1) is 8.50. The Hall–Kier alpha value is -1.47. The van der Waals surface area contributed by atoms with Gasteiger partial charge >= 0.3 is 6.03 Å². The van der Waals surface area contributed by atoms with Gasteiger partial charge in [-0.2, -0.15) is 0 Å². The van der Waals surface area contributed by atoms with E-state index in [1.807, 2.05) is 0 Å². The Morgan fingerprint density at radius 3 is 2.50 bits per heavy atom. The molecule has 0 fully saturated rings. The molecule has 0 atom stereocenters. The topological polar surface area (TPSA) is 80.5 Å². The number of primary amides is 1. The number of thioether (sulfide) groups is 1. The molecule has 1 aromatic carbocycles. The Morgan fingerprint density at radius 2 is 2.00 bits per heavy atom. The van der Waals surface area contributed by atoms with E-state index in [1.165, 1.54) is 23.9 Å². The van der Waals surface area contributed by atoms with Gasteiger partial charge in [-0.25, -0.2) is 17.5 Å². The van der Waals surface area contributed by atoms with Gasteiger partial charge in [0.05, 0.1) is 10.8 Å². The first-order valence-corrected chi connectivity index (χ1v) is 7.65. The van der Waals surface area contributed by atoms with E-state index >= 15 is 0 Å². The highest BCUT2D eigenvalue weighted by molar-refractivity contribution is 8.00. The summed E-state index contributed by atoms with van der Waals surface area (Å²) in [5.74, 6) is 0.507. The second-order valence-corrected chi connectivity index (χ2v) is 6.16. The van der Waals surface area contributed by atoms with E-state index in [-0.39, 0.29) is 10.8 Å². The van der Waals surface area contributed by atoms with Crippen molar-refractivity contribution in [1.29, 1.82) is 0 Å². The van der Waals surface area contributed by atoms with Crippen LogP contribution in [-0.4, -0.2) is 30.4 Å². The average molecular weight is 286 g/mol. The number of carbonyl (C=O) groups excluding carboxylic acids is 1. The number of carbonyl (C=O) groups is 1. The maximum absolute atomic E-state index is 12.2. The van der Waals surface area contributed by atoms with Crippen LogP contribution >= 0.6 is 11.8 Å². The number of nitrogens with zero attached hydrogens (tertiary/aromatic N) is 1. The number of sulfonamides is 1. The molecule has 0 bridgehead atoms. The smallest absolute Gasteiger partial charge is 0.329 e. The SMILES string of the molecule is C=CCSCN(C(N)=O)S(=O)(=O)c1ccccc1. The number of hydrogen-bond donors (Lipinski definition) is 1. The van der Waals surface area contributed by atoms with Gasteiger partial charge < -0.3 is 5.73 Å². The molecule has 0 aliphatic heterocycles. The summed E-state index contributed by atoms with van der Waals surface area (Å²) in [7, 11) is -3.88. The van der Waals surface area contributed by atoms with E-state index in [1.54, 1.807) is 24.3 Å². The fourth-order valence-corrected chi connectivity index (χ4v) is 3.53. The van der Waals surface area contributed by atoms with Crippen LogP contribution in [-0.2, 0) is 10.0 Å². The molecule has 2 amide bonds. The van der Waals surface area contributed by atoms with Gasteiger partial charge in [0.25, 0.3) is 10.0 Å². The zero-order valence-corrected chi connectivity index (χ0v) is 11.3. The normalized spacial score (nSPS) is 10.9. The quantitative estimate of drug-likeness (QED) is 0.489. The van der Waals surface area contributed by atoms with Crippen LogP contribution in [0.2, 0.25) is 0 Å². The van der Waals surface area contributed by atoms with Gasteiger partial charge in [-0.1, -0.05) is 24.3 Å². The monoisotopic (exact) mass is 286 g/mol. The Kier molecular flexibility index (Phi) is 5.24. The average Bonchev–Trinajstić information content (AvgIpc) is 2.35. The van der Waals surface area contributed by atoms with Gasteiger partial charge in [0.1, 0.15) is 0 Å². The minimum absolute atomic E-state index is 0.0292. The predicted molar refractivity (Wildman–Crippen MR) is 72.6 cm³/mol. The van der Waals surface area contributed by atoms with Crippen molar-refractivity contribution in [2.24, 2.45) is 5.73 Å². The molecule has 1 rings (SSSR count). The van der Waals surface area contributed by atoms with E-state index in [9.17, 15) is 13.2 Å². The summed E-state index contributed by atoms with van der Waals surface area (Å²) in [4.78, 5) is 11.3. The molecule has 0 radical (unpaired) electrons. The first-order valence-electron chi connectivity index (χ1n) is 5.06. The number of nitrogens with two attached hydrogens (primary N) is 1.